The smallest absolute Gasteiger partial charge is 0.242 e. The molecular weight excluding hydrogens is 352 g/mol. The number of nitrogens with zero attached hydrogens (tertiary/aromatic N) is 4. The molecule has 0 bridgehead atoms. The van der Waals surface area contributed by atoms with Crippen LogP contribution in [-0.2, 0) is 10.0 Å². The Hall–Kier alpha value is -2.13. The highest BCUT2D eigenvalue weighted by Gasteiger charge is 2.42. The van der Waals surface area contributed by atoms with Gasteiger partial charge in [0.05, 0.1) is 4.90 Å². The van der Waals surface area contributed by atoms with Gasteiger partial charge in [0.25, 0.3) is 0 Å². The van der Waals surface area contributed by atoms with Gasteiger partial charge < -0.3 is 11.5 Å². The molecule has 26 heavy (non-hydrogen) atoms. The van der Waals surface area contributed by atoms with E-state index in [9.17, 15) is 8.42 Å². The topological polar surface area (TPSA) is 117 Å². The molecule has 4 N–H and O–H groups in total. The fourth-order valence-corrected chi connectivity index (χ4v) is 4.84. The molecule has 0 saturated heterocycles. The second kappa shape index (κ2) is 6.55. The molecule has 1 heterocycles. The number of rotatable bonds is 3. The van der Waals surface area contributed by atoms with E-state index < -0.39 is 15.7 Å². The standard InChI is InChI=1S/C17H26N6O2S/c1-12-7-8-13(11-14(12)26(24,25)22(2)3)23-16(19)20-15(18)21-17(23)9-5-4-6-10-17/h7-8,11H,4-6,9-10H2,1-3H3,(H4,18,19,20,21). The number of benzene rings is 1. The fraction of sp³-hybridized carbons (Fsp3) is 0.529. The van der Waals surface area contributed by atoms with E-state index >= 15 is 0 Å². The third-order valence-electron chi connectivity index (χ3n) is 5.04. The lowest BCUT2D eigenvalue weighted by Gasteiger charge is -2.45. The summed E-state index contributed by atoms with van der Waals surface area (Å²) in [4.78, 5) is 10.8. The largest absolute Gasteiger partial charge is 0.369 e. The lowest BCUT2D eigenvalue weighted by atomic mass is 9.87. The van der Waals surface area contributed by atoms with E-state index in [-0.39, 0.29) is 16.8 Å². The maximum Gasteiger partial charge on any atom is 0.242 e. The van der Waals surface area contributed by atoms with Crippen LogP contribution in [0.5, 0.6) is 0 Å². The highest BCUT2D eigenvalue weighted by Crippen LogP contribution is 2.40. The molecule has 0 unspecified atom stereocenters. The molecule has 2 aliphatic rings. The van der Waals surface area contributed by atoms with Crippen molar-refractivity contribution in [2.75, 3.05) is 19.0 Å². The van der Waals surface area contributed by atoms with Gasteiger partial charge in [0, 0.05) is 19.8 Å². The first-order valence-corrected chi connectivity index (χ1v) is 10.1. The van der Waals surface area contributed by atoms with Crippen LogP contribution in [0, 0.1) is 6.92 Å². The molecule has 0 atom stereocenters. The van der Waals surface area contributed by atoms with Gasteiger partial charge in [0.1, 0.15) is 5.66 Å². The molecular formula is C17H26N6O2S. The molecule has 1 spiro atoms. The van der Waals surface area contributed by atoms with E-state index in [1.807, 2.05) is 11.0 Å². The zero-order valence-electron chi connectivity index (χ0n) is 15.4. The van der Waals surface area contributed by atoms with Gasteiger partial charge in [-0.15, -0.1) is 0 Å². The number of hydrogen-bond acceptors (Lipinski definition) is 7. The average Bonchev–Trinajstić information content (AvgIpc) is 2.56. The first kappa shape index (κ1) is 18.7. The summed E-state index contributed by atoms with van der Waals surface area (Å²) in [7, 11) is -0.535. The number of sulfonamides is 1. The minimum absolute atomic E-state index is 0.175. The van der Waals surface area contributed by atoms with Crippen molar-refractivity contribution in [3.05, 3.63) is 23.8 Å². The van der Waals surface area contributed by atoms with E-state index in [0.717, 1.165) is 32.1 Å². The maximum atomic E-state index is 12.7. The molecule has 1 aromatic rings. The summed E-state index contributed by atoms with van der Waals surface area (Å²) in [5.41, 5.74) is 12.9. The number of guanidine groups is 2. The molecule has 0 radical (unpaired) electrons. The quantitative estimate of drug-likeness (QED) is 0.823. The average molecular weight is 379 g/mol. The SMILES string of the molecule is Cc1ccc(N2C(N)=NC(N)=NC23CCCCC3)cc1S(=O)(=O)N(C)C. The van der Waals surface area contributed by atoms with Crippen LogP contribution in [0.25, 0.3) is 0 Å². The van der Waals surface area contributed by atoms with Crippen molar-refractivity contribution in [3.8, 4) is 0 Å². The van der Waals surface area contributed by atoms with Crippen LogP contribution in [0.15, 0.2) is 33.1 Å². The first-order chi connectivity index (χ1) is 12.2. The predicted molar refractivity (Wildman–Crippen MR) is 104 cm³/mol. The van der Waals surface area contributed by atoms with E-state index in [2.05, 4.69) is 9.98 Å². The van der Waals surface area contributed by atoms with Gasteiger partial charge in [-0.25, -0.2) is 17.7 Å². The second-order valence-electron chi connectivity index (χ2n) is 7.06. The highest BCUT2D eigenvalue weighted by molar-refractivity contribution is 7.89. The number of aliphatic imine (C=N–C) groups is 2. The molecule has 9 heteroatoms. The third kappa shape index (κ3) is 3.05. The van der Waals surface area contributed by atoms with Crippen LogP contribution in [-0.4, -0.2) is 44.4 Å². The summed E-state index contributed by atoms with van der Waals surface area (Å²) >= 11 is 0. The summed E-state index contributed by atoms with van der Waals surface area (Å²) in [5, 5.41) is 0. The van der Waals surface area contributed by atoms with Crippen LogP contribution in [0.2, 0.25) is 0 Å². The Labute approximate surface area is 154 Å². The Morgan fingerprint density at radius 3 is 2.42 bits per heavy atom. The first-order valence-electron chi connectivity index (χ1n) is 8.70. The van der Waals surface area contributed by atoms with Crippen LogP contribution in [0.3, 0.4) is 0 Å². The lowest BCUT2D eigenvalue weighted by Crippen LogP contribution is -2.58. The van der Waals surface area contributed by atoms with Gasteiger partial charge in [-0.2, -0.15) is 4.99 Å². The van der Waals surface area contributed by atoms with Gasteiger partial charge >= 0.3 is 0 Å². The Morgan fingerprint density at radius 2 is 1.81 bits per heavy atom. The summed E-state index contributed by atoms with van der Waals surface area (Å²) in [6, 6.07) is 5.30. The third-order valence-corrected chi connectivity index (χ3v) is 7.00. The van der Waals surface area contributed by atoms with Crippen molar-refractivity contribution in [2.24, 2.45) is 21.5 Å². The van der Waals surface area contributed by atoms with Gasteiger partial charge in [-0.3, -0.25) is 4.90 Å². The van der Waals surface area contributed by atoms with Gasteiger partial charge in [-0.1, -0.05) is 12.5 Å². The molecule has 3 rings (SSSR count). The summed E-state index contributed by atoms with van der Waals surface area (Å²) < 4.78 is 26.6. The molecule has 1 fully saturated rings. The van der Waals surface area contributed by atoms with Gasteiger partial charge in [0.2, 0.25) is 21.9 Å². The second-order valence-corrected chi connectivity index (χ2v) is 9.18. The van der Waals surface area contributed by atoms with E-state index in [1.54, 1.807) is 19.1 Å². The predicted octanol–water partition coefficient (Wildman–Crippen LogP) is 1.36. The van der Waals surface area contributed by atoms with Gasteiger partial charge in [0.15, 0.2) is 0 Å². The Balaban J connectivity index is 2.14. The summed E-state index contributed by atoms with van der Waals surface area (Å²) in [6.07, 6.45) is 4.75. The molecule has 1 saturated carbocycles. The Kier molecular flexibility index (Phi) is 4.70. The van der Waals surface area contributed by atoms with Crippen molar-refractivity contribution in [2.45, 2.75) is 49.6 Å². The Morgan fingerprint density at radius 1 is 1.15 bits per heavy atom. The maximum absolute atomic E-state index is 12.7. The van der Waals surface area contributed by atoms with E-state index in [0.29, 0.717) is 11.3 Å². The normalized spacial score (nSPS) is 20.2. The monoisotopic (exact) mass is 378 g/mol. The van der Waals surface area contributed by atoms with Crippen LogP contribution in [0.1, 0.15) is 37.7 Å². The van der Waals surface area contributed by atoms with E-state index in [4.69, 9.17) is 11.5 Å². The van der Waals surface area contributed by atoms with Crippen LogP contribution in [0.4, 0.5) is 5.69 Å². The summed E-state index contributed by atoms with van der Waals surface area (Å²) in [6.45, 7) is 1.78. The Bertz CT molecular complexity index is 869. The summed E-state index contributed by atoms with van der Waals surface area (Å²) in [5.74, 6) is 0.422. The zero-order valence-corrected chi connectivity index (χ0v) is 16.3. The molecule has 1 aliphatic heterocycles. The number of aryl methyl sites for hydroxylation is 1. The fourth-order valence-electron chi connectivity index (χ4n) is 3.70. The molecule has 0 amide bonds. The molecule has 142 valence electrons. The number of nitrogens with two attached hydrogens (primary N) is 2. The molecule has 8 nitrogen and oxygen atoms in total. The minimum atomic E-state index is -3.57. The molecule has 1 aromatic carbocycles. The lowest BCUT2D eigenvalue weighted by molar-refractivity contribution is 0.305. The van der Waals surface area contributed by atoms with Gasteiger partial charge in [-0.05, 0) is 50.3 Å². The van der Waals surface area contributed by atoms with E-state index in [1.165, 1.54) is 18.4 Å². The van der Waals surface area contributed by atoms with Crippen LogP contribution < -0.4 is 16.4 Å². The van der Waals surface area contributed by atoms with Crippen molar-refractivity contribution < 1.29 is 8.42 Å². The van der Waals surface area contributed by atoms with Crippen LogP contribution >= 0.6 is 0 Å². The molecule has 0 aromatic heterocycles. The van der Waals surface area contributed by atoms with Crippen molar-refractivity contribution >= 4 is 27.6 Å². The number of anilines is 1. The number of hydrogen-bond donors (Lipinski definition) is 2. The highest BCUT2D eigenvalue weighted by atomic mass is 32.2. The van der Waals surface area contributed by atoms with Crippen molar-refractivity contribution in [3.63, 3.8) is 0 Å². The van der Waals surface area contributed by atoms with Crippen molar-refractivity contribution in [1.82, 2.24) is 4.31 Å². The molecule has 1 aliphatic carbocycles. The minimum Gasteiger partial charge on any atom is -0.369 e. The zero-order chi connectivity index (χ0) is 19.1. The van der Waals surface area contributed by atoms with Crippen molar-refractivity contribution in [1.29, 1.82) is 0 Å².